The molecule has 1 unspecified atom stereocenters. The molecule has 1 aromatic rings. The number of benzene rings is 1. The fourth-order valence-corrected chi connectivity index (χ4v) is 2.76. The molecule has 0 amide bonds. The van der Waals surface area contributed by atoms with Gasteiger partial charge in [-0.1, -0.05) is 0 Å². The largest absolute Gasteiger partial charge is 0.493 e. The SMILES string of the molecule is COc1cc(CN2CCC(N)(C(=O)O)C2)cc2c1OCO2. The third-order valence-corrected chi connectivity index (χ3v) is 3.93. The molecule has 0 radical (unpaired) electrons. The maximum absolute atomic E-state index is 11.2. The van der Waals surface area contributed by atoms with Crippen LogP contribution in [0.2, 0.25) is 0 Å². The number of aliphatic carboxylic acids is 1. The van der Waals surface area contributed by atoms with Crippen LogP contribution in [0.15, 0.2) is 12.1 Å². The van der Waals surface area contributed by atoms with E-state index < -0.39 is 11.5 Å². The molecule has 21 heavy (non-hydrogen) atoms. The molecule has 3 rings (SSSR count). The Morgan fingerprint density at radius 3 is 3.00 bits per heavy atom. The number of carbonyl (C=O) groups is 1. The van der Waals surface area contributed by atoms with Gasteiger partial charge in [-0.15, -0.1) is 0 Å². The summed E-state index contributed by atoms with van der Waals surface area (Å²) in [5.74, 6) is 0.937. The van der Waals surface area contributed by atoms with E-state index in [0.717, 1.165) is 5.56 Å². The van der Waals surface area contributed by atoms with E-state index in [1.165, 1.54) is 0 Å². The van der Waals surface area contributed by atoms with E-state index in [1.54, 1.807) is 7.11 Å². The molecule has 0 spiro atoms. The average Bonchev–Trinajstić information content (AvgIpc) is 3.05. The smallest absolute Gasteiger partial charge is 0.325 e. The molecule has 0 aromatic heterocycles. The predicted molar refractivity (Wildman–Crippen MR) is 73.6 cm³/mol. The number of carboxylic acid groups (broad SMARTS) is 1. The molecule has 2 aliphatic rings. The lowest BCUT2D eigenvalue weighted by atomic mass is 10.0. The van der Waals surface area contributed by atoms with Gasteiger partial charge in [-0.2, -0.15) is 0 Å². The van der Waals surface area contributed by atoms with Gasteiger partial charge in [-0.3, -0.25) is 9.69 Å². The topological polar surface area (TPSA) is 94.3 Å². The Hall–Kier alpha value is -1.99. The monoisotopic (exact) mass is 294 g/mol. The molecular formula is C14H18N2O5. The highest BCUT2D eigenvalue weighted by Gasteiger charge is 2.41. The van der Waals surface area contributed by atoms with E-state index in [-0.39, 0.29) is 6.79 Å². The first-order valence-electron chi connectivity index (χ1n) is 6.73. The highest BCUT2D eigenvalue weighted by Crippen LogP contribution is 2.42. The number of hydrogen-bond acceptors (Lipinski definition) is 6. The molecule has 1 aromatic carbocycles. The fourth-order valence-electron chi connectivity index (χ4n) is 2.76. The Balaban J connectivity index is 1.76. The van der Waals surface area contributed by atoms with Gasteiger partial charge in [0.15, 0.2) is 11.5 Å². The average molecular weight is 294 g/mol. The number of fused-ring (bicyclic) bond motifs is 1. The second kappa shape index (κ2) is 5.09. The summed E-state index contributed by atoms with van der Waals surface area (Å²) >= 11 is 0. The number of nitrogens with zero attached hydrogens (tertiary/aromatic N) is 1. The molecule has 0 aliphatic carbocycles. The number of methoxy groups -OCH3 is 1. The standard InChI is InChI=1S/C14H18N2O5/c1-19-10-4-9(5-11-12(10)21-8-20-11)6-16-3-2-14(15,7-16)13(17)18/h4-5H,2-3,6-8,15H2,1H3,(H,17,18). The van der Waals surface area contributed by atoms with Gasteiger partial charge < -0.3 is 25.1 Å². The van der Waals surface area contributed by atoms with Crippen LogP contribution < -0.4 is 19.9 Å². The molecule has 1 saturated heterocycles. The number of carboxylic acids is 1. The fraction of sp³-hybridized carbons (Fsp3) is 0.500. The molecule has 0 bridgehead atoms. The minimum Gasteiger partial charge on any atom is -0.493 e. The first-order chi connectivity index (χ1) is 10.0. The van der Waals surface area contributed by atoms with Crippen LogP contribution in [0.3, 0.4) is 0 Å². The van der Waals surface area contributed by atoms with E-state index in [4.69, 9.17) is 25.1 Å². The molecular weight excluding hydrogens is 276 g/mol. The molecule has 114 valence electrons. The number of likely N-dealkylation sites (tertiary alicyclic amines) is 1. The van der Waals surface area contributed by atoms with Crippen LogP contribution in [0.5, 0.6) is 17.2 Å². The van der Waals surface area contributed by atoms with Gasteiger partial charge in [-0.25, -0.2) is 0 Å². The van der Waals surface area contributed by atoms with E-state index >= 15 is 0 Å². The normalized spacial score (nSPS) is 24.3. The molecule has 3 N–H and O–H groups in total. The van der Waals surface area contributed by atoms with Crippen LogP contribution in [-0.4, -0.2) is 48.5 Å². The maximum Gasteiger partial charge on any atom is 0.325 e. The Labute approximate surface area is 122 Å². The first kappa shape index (κ1) is 14.0. The van der Waals surface area contributed by atoms with Crippen molar-refractivity contribution in [1.29, 1.82) is 0 Å². The summed E-state index contributed by atoms with van der Waals surface area (Å²) in [5.41, 5.74) is 5.71. The van der Waals surface area contributed by atoms with E-state index in [2.05, 4.69) is 0 Å². The zero-order valence-corrected chi connectivity index (χ0v) is 11.8. The zero-order valence-electron chi connectivity index (χ0n) is 11.8. The van der Waals surface area contributed by atoms with Crippen LogP contribution in [0.1, 0.15) is 12.0 Å². The first-order valence-corrected chi connectivity index (χ1v) is 6.73. The van der Waals surface area contributed by atoms with E-state index in [0.29, 0.717) is 43.3 Å². The van der Waals surface area contributed by atoms with Crippen molar-refractivity contribution >= 4 is 5.97 Å². The van der Waals surface area contributed by atoms with Crippen LogP contribution in [0, 0.1) is 0 Å². The highest BCUT2D eigenvalue weighted by atomic mass is 16.7. The molecule has 1 fully saturated rings. The Morgan fingerprint density at radius 1 is 1.52 bits per heavy atom. The second-order valence-corrected chi connectivity index (χ2v) is 5.45. The number of hydrogen-bond donors (Lipinski definition) is 2. The van der Waals surface area contributed by atoms with Crippen LogP contribution in [0.4, 0.5) is 0 Å². The quantitative estimate of drug-likeness (QED) is 0.830. The predicted octanol–water partition coefficient (Wildman–Crippen LogP) is 0.412. The van der Waals surface area contributed by atoms with Crippen molar-refractivity contribution in [2.24, 2.45) is 5.73 Å². The maximum atomic E-state index is 11.2. The minimum absolute atomic E-state index is 0.184. The second-order valence-electron chi connectivity index (χ2n) is 5.45. The summed E-state index contributed by atoms with van der Waals surface area (Å²) in [6, 6.07) is 3.77. The molecule has 2 aliphatic heterocycles. The van der Waals surface area contributed by atoms with Crippen molar-refractivity contribution in [3.05, 3.63) is 17.7 Å². The van der Waals surface area contributed by atoms with E-state index in [9.17, 15) is 4.79 Å². The Bertz CT molecular complexity index is 577. The van der Waals surface area contributed by atoms with Gasteiger partial charge in [0, 0.05) is 19.6 Å². The van der Waals surface area contributed by atoms with Gasteiger partial charge in [0.2, 0.25) is 12.5 Å². The van der Waals surface area contributed by atoms with Gasteiger partial charge in [0.1, 0.15) is 5.54 Å². The molecule has 0 saturated carbocycles. The lowest BCUT2D eigenvalue weighted by molar-refractivity contribution is -0.142. The van der Waals surface area contributed by atoms with Crippen molar-refractivity contribution in [3.8, 4) is 17.2 Å². The molecule has 7 nitrogen and oxygen atoms in total. The summed E-state index contributed by atoms with van der Waals surface area (Å²) < 4.78 is 16.0. The summed E-state index contributed by atoms with van der Waals surface area (Å²) in [5, 5.41) is 9.16. The van der Waals surface area contributed by atoms with Crippen molar-refractivity contribution in [3.63, 3.8) is 0 Å². The lowest BCUT2D eigenvalue weighted by Crippen LogP contribution is -2.50. The highest BCUT2D eigenvalue weighted by molar-refractivity contribution is 5.79. The third-order valence-electron chi connectivity index (χ3n) is 3.93. The van der Waals surface area contributed by atoms with Crippen molar-refractivity contribution in [2.45, 2.75) is 18.5 Å². The Kier molecular flexibility index (Phi) is 3.38. The molecule has 2 heterocycles. The van der Waals surface area contributed by atoms with Gasteiger partial charge in [0.25, 0.3) is 0 Å². The van der Waals surface area contributed by atoms with Gasteiger partial charge in [-0.05, 0) is 24.1 Å². The summed E-state index contributed by atoms with van der Waals surface area (Å²) in [6.07, 6.45) is 0.448. The number of nitrogens with two attached hydrogens (primary N) is 1. The Morgan fingerprint density at radius 2 is 2.33 bits per heavy atom. The zero-order chi connectivity index (χ0) is 15.0. The summed E-state index contributed by atoms with van der Waals surface area (Å²) in [7, 11) is 1.58. The molecule has 1 atom stereocenters. The van der Waals surface area contributed by atoms with Crippen molar-refractivity contribution in [1.82, 2.24) is 4.90 Å². The van der Waals surface area contributed by atoms with Gasteiger partial charge in [0.05, 0.1) is 7.11 Å². The van der Waals surface area contributed by atoms with Gasteiger partial charge >= 0.3 is 5.97 Å². The van der Waals surface area contributed by atoms with Crippen LogP contribution in [0.25, 0.3) is 0 Å². The summed E-state index contributed by atoms with van der Waals surface area (Å²) in [4.78, 5) is 13.2. The van der Waals surface area contributed by atoms with E-state index in [1.807, 2.05) is 17.0 Å². The summed E-state index contributed by atoms with van der Waals surface area (Å²) in [6.45, 7) is 1.77. The molecule has 7 heteroatoms. The third kappa shape index (κ3) is 2.50. The van der Waals surface area contributed by atoms with Crippen molar-refractivity contribution < 1.29 is 24.1 Å². The van der Waals surface area contributed by atoms with Crippen LogP contribution in [-0.2, 0) is 11.3 Å². The minimum atomic E-state index is -1.15. The van der Waals surface area contributed by atoms with Crippen molar-refractivity contribution in [2.75, 3.05) is 27.0 Å². The lowest BCUT2D eigenvalue weighted by Gasteiger charge is -2.20. The van der Waals surface area contributed by atoms with Crippen LogP contribution >= 0.6 is 0 Å². The number of ether oxygens (including phenoxy) is 3. The number of rotatable bonds is 4.